The molecule has 5 heteroatoms. The van der Waals surface area contributed by atoms with Crippen LogP contribution in [0.5, 0.6) is 0 Å². The second kappa shape index (κ2) is 14.3. The van der Waals surface area contributed by atoms with Crippen molar-refractivity contribution < 1.29 is 18.9 Å². The summed E-state index contributed by atoms with van der Waals surface area (Å²) >= 11 is 1.73. The maximum Gasteiger partial charge on any atom is 0.113 e. The Morgan fingerprint density at radius 2 is 1.11 bits per heavy atom. The fourth-order valence-corrected chi connectivity index (χ4v) is 5.64. The van der Waals surface area contributed by atoms with Crippen molar-refractivity contribution in [3.8, 4) is 0 Å². The molecule has 1 heterocycles. The Morgan fingerprint density at radius 3 is 1.68 bits per heavy atom. The molecule has 4 atom stereocenters. The van der Waals surface area contributed by atoms with Crippen molar-refractivity contribution in [2.24, 2.45) is 0 Å². The van der Waals surface area contributed by atoms with E-state index in [9.17, 15) is 0 Å². The summed E-state index contributed by atoms with van der Waals surface area (Å²) < 4.78 is 25.9. The number of benzene rings is 4. The zero-order valence-electron chi connectivity index (χ0n) is 21.4. The highest BCUT2D eigenvalue weighted by Crippen LogP contribution is 2.36. The Kier molecular flexibility index (Phi) is 10.0. The van der Waals surface area contributed by atoms with Crippen LogP contribution >= 0.6 is 11.8 Å². The lowest BCUT2D eigenvalue weighted by Gasteiger charge is -2.41. The Morgan fingerprint density at radius 1 is 0.605 bits per heavy atom. The first-order valence-electron chi connectivity index (χ1n) is 13.1. The number of ether oxygens (including phenoxy) is 4. The molecule has 0 bridgehead atoms. The molecule has 0 N–H and O–H groups in total. The number of thioether (sulfide) groups is 1. The molecule has 4 aromatic carbocycles. The molecule has 0 aliphatic carbocycles. The standard InChI is InChI=1S/C33H34O4S/c1-5-13-26(14-6-1)22-34-25-31-33(36-24-28-17-9-3-10-18-28)30(35-23-27-15-7-2-8-16-27)21-32(37-31)38-29-19-11-4-12-20-29/h1-20,30-33H,21-25H2/t30-,31-,32-,33-/m1/s1. The summed E-state index contributed by atoms with van der Waals surface area (Å²) in [6, 6.07) is 41.1. The maximum absolute atomic E-state index is 6.64. The molecule has 1 aliphatic rings. The predicted octanol–water partition coefficient (Wildman–Crippen LogP) is 7.28. The van der Waals surface area contributed by atoms with Gasteiger partial charge in [0.15, 0.2) is 0 Å². The van der Waals surface area contributed by atoms with Crippen molar-refractivity contribution in [2.45, 2.75) is 54.9 Å². The summed E-state index contributed by atoms with van der Waals surface area (Å²) in [5, 5.41) is 0. The molecule has 0 saturated carbocycles. The third-order valence-electron chi connectivity index (χ3n) is 6.48. The zero-order chi connectivity index (χ0) is 25.8. The van der Waals surface area contributed by atoms with Crippen molar-refractivity contribution in [3.05, 3.63) is 138 Å². The molecule has 0 radical (unpaired) electrons. The van der Waals surface area contributed by atoms with Gasteiger partial charge in [-0.3, -0.25) is 0 Å². The van der Waals surface area contributed by atoms with Crippen molar-refractivity contribution >= 4 is 11.8 Å². The lowest BCUT2D eigenvalue weighted by Crippen LogP contribution is -2.51. The largest absolute Gasteiger partial charge is 0.374 e. The summed E-state index contributed by atoms with van der Waals surface area (Å²) in [5.41, 5.74) is 3.33. The van der Waals surface area contributed by atoms with Crippen LogP contribution < -0.4 is 0 Å². The van der Waals surface area contributed by atoms with Gasteiger partial charge >= 0.3 is 0 Å². The topological polar surface area (TPSA) is 36.9 Å². The molecular formula is C33H34O4S. The van der Waals surface area contributed by atoms with Gasteiger partial charge in [-0.1, -0.05) is 121 Å². The smallest absolute Gasteiger partial charge is 0.113 e. The number of rotatable bonds is 12. The summed E-state index contributed by atoms with van der Waals surface area (Å²) in [5.74, 6) is 0. The Bertz CT molecular complexity index is 1190. The van der Waals surface area contributed by atoms with E-state index in [1.165, 1.54) is 4.90 Å². The van der Waals surface area contributed by atoms with E-state index in [0.29, 0.717) is 26.4 Å². The molecule has 0 amide bonds. The third-order valence-corrected chi connectivity index (χ3v) is 7.59. The average Bonchev–Trinajstić information content (AvgIpc) is 2.98. The van der Waals surface area contributed by atoms with E-state index in [2.05, 4.69) is 60.7 Å². The van der Waals surface area contributed by atoms with Gasteiger partial charge in [0.05, 0.1) is 32.5 Å². The van der Waals surface area contributed by atoms with Gasteiger partial charge in [-0.25, -0.2) is 0 Å². The van der Waals surface area contributed by atoms with E-state index >= 15 is 0 Å². The monoisotopic (exact) mass is 526 g/mol. The van der Waals surface area contributed by atoms with Crippen molar-refractivity contribution in [1.82, 2.24) is 0 Å². The van der Waals surface area contributed by atoms with E-state index in [-0.39, 0.29) is 23.7 Å². The Labute approximate surface area is 229 Å². The van der Waals surface area contributed by atoms with Gasteiger partial charge in [-0.2, -0.15) is 0 Å². The SMILES string of the molecule is c1ccc(COC[C@H]2O[C@H](Sc3ccccc3)C[C@@H](OCc3ccccc3)[C@H]2OCc2ccccc2)cc1. The minimum Gasteiger partial charge on any atom is -0.374 e. The fourth-order valence-electron chi connectivity index (χ4n) is 4.54. The van der Waals surface area contributed by atoms with Crippen LogP contribution in [0.4, 0.5) is 0 Å². The highest BCUT2D eigenvalue weighted by molar-refractivity contribution is 7.99. The normalized spacial score (nSPS) is 21.3. The van der Waals surface area contributed by atoms with E-state index in [1.807, 2.05) is 60.7 Å². The van der Waals surface area contributed by atoms with Gasteiger partial charge < -0.3 is 18.9 Å². The summed E-state index contributed by atoms with van der Waals surface area (Å²) in [6.45, 7) is 1.96. The first kappa shape index (κ1) is 26.7. The first-order valence-corrected chi connectivity index (χ1v) is 14.0. The van der Waals surface area contributed by atoms with Crippen LogP contribution in [0.3, 0.4) is 0 Å². The van der Waals surface area contributed by atoms with Gasteiger partial charge in [0, 0.05) is 11.3 Å². The highest BCUT2D eigenvalue weighted by atomic mass is 32.2. The van der Waals surface area contributed by atoms with E-state index < -0.39 is 0 Å². The molecule has 4 nitrogen and oxygen atoms in total. The molecule has 1 saturated heterocycles. The molecule has 0 unspecified atom stereocenters. The van der Waals surface area contributed by atoms with Gasteiger partial charge in [0.25, 0.3) is 0 Å². The summed E-state index contributed by atoms with van der Waals surface area (Å²) in [7, 11) is 0. The van der Waals surface area contributed by atoms with Crippen LogP contribution in [-0.2, 0) is 38.8 Å². The minimum atomic E-state index is -0.266. The molecule has 38 heavy (non-hydrogen) atoms. The van der Waals surface area contributed by atoms with Gasteiger partial charge in [0.2, 0.25) is 0 Å². The molecule has 1 fully saturated rings. The van der Waals surface area contributed by atoms with Gasteiger partial charge in [-0.05, 0) is 28.8 Å². The van der Waals surface area contributed by atoms with Crippen LogP contribution in [0.25, 0.3) is 0 Å². The lowest BCUT2D eigenvalue weighted by atomic mass is 10.0. The molecular weight excluding hydrogens is 492 g/mol. The molecule has 5 rings (SSSR count). The fraction of sp³-hybridized carbons (Fsp3) is 0.273. The first-order chi connectivity index (χ1) is 18.8. The van der Waals surface area contributed by atoms with Crippen LogP contribution in [0.1, 0.15) is 23.1 Å². The Hall–Kier alpha value is -2.93. The molecule has 0 aromatic heterocycles. The predicted molar refractivity (Wildman–Crippen MR) is 152 cm³/mol. The van der Waals surface area contributed by atoms with Crippen LogP contribution in [0.15, 0.2) is 126 Å². The lowest BCUT2D eigenvalue weighted by molar-refractivity contribution is -0.204. The second-order valence-electron chi connectivity index (χ2n) is 9.37. The van der Waals surface area contributed by atoms with Crippen LogP contribution in [-0.4, -0.2) is 30.4 Å². The quantitative estimate of drug-likeness (QED) is 0.194. The summed E-state index contributed by atoms with van der Waals surface area (Å²) in [6.07, 6.45) is 0.0563. The van der Waals surface area contributed by atoms with Crippen LogP contribution in [0, 0.1) is 0 Å². The van der Waals surface area contributed by atoms with Crippen molar-refractivity contribution in [1.29, 1.82) is 0 Å². The second-order valence-corrected chi connectivity index (χ2v) is 10.6. The minimum absolute atomic E-state index is 0.0694. The Balaban J connectivity index is 1.33. The van der Waals surface area contributed by atoms with Crippen molar-refractivity contribution in [2.75, 3.05) is 6.61 Å². The third kappa shape index (κ3) is 8.03. The summed E-state index contributed by atoms with van der Waals surface area (Å²) in [4.78, 5) is 1.17. The van der Waals surface area contributed by atoms with E-state index in [0.717, 1.165) is 23.1 Å². The number of hydrogen-bond donors (Lipinski definition) is 0. The number of hydrogen-bond acceptors (Lipinski definition) is 5. The molecule has 4 aromatic rings. The van der Waals surface area contributed by atoms with Gasteiger partial charge in [0.1, 0.15) is 17.6 Å². The van der Waals surface area contributed by atoms with E-state index in [4.69, 9.17) is 18.9 Å². The molecule has 196 valence electrons. The molecule has 0 spiro atoms. The highest BCUT2D eigenvalue weighted by Gasteiger charge is 2.41. The average molecular weight is 527 g/mol. The maximum atomic E-state index is 6.64. The zero-order valence-corrected chi connectivity index (χ0v) is 22.2. The van der Waals surface area contributed by atoms with Crippen LogP contribution in [0.2, 0.25) is 0 Å². The van der Waals surface area contributed by atoms with Gasteiger partial charge in [-0.15, -0.1) is 0 Å². The molecule has 1 aliphatic heterocycles. The van der Waals surface area contributed by atoms with Crippen molar-refractivity contribution in [3.63, 3.8) is 0 Å². The van der Waals surface area contributed by atoms with E-state index in [1.54, 1.807) is 11.8 Å².